The van der Waals surface area contributed by atoms with Gasteiger partial charge in [0.15, 0.2) is 6.61 Å². The Labute approximate surface area is 142 Å². The van der Waals surface area contributed by atoms with Crippen LogP contribution in [-0.4, -0.2) is 28.6 Å². The number of amides is 2. The Bertz CT molecular complexity index is 800. The lowest BCUT2D eigenvalue weighted by atomic mass is 10.0. The number of aryl methyl sites for hydroxylation is 1. The summed E-state index contributed by atoms with van der Waals surface area (Å²) < 4.78 is 5.53. The van der Waals surface area contributed by atoms with Crippen molar-refractivity contribution in [3.63, 3.8) is 0 Å². The van der Waals surface area contributed by atoms with Crippen LogP contribution >= 0.6 is 11.3 Å². The Morgan fingerprint density at radius 1 is 1.33 bits per heavy atom. The van der Waals surface area contributed by atoms with Crippen molar-refractivity contribution in [2.75, 3.05) is 17.2 Å². The number of hydrogen-bond acceptors (Lipinski definition) is 6. The van der Waals surface area contributed by atoms with Gasteiger partial charge in [0.05, 0.1) is 0 Å². The van der Waals surface area contributed by atoms with Gasteiger partial charge in [0.25, 0.3) is 5.91 Å². The molecule has 1 fully saturated rings. The molecule has 2 amide bonds. The predicted octanol–water partition coefficient (Wildman–Crippen LogP) is 2.32. The number of anilines is 2. The number of fused-ring (bicyclic) bond motifs is 1. The monoisotopic (exact) mass is 344 g/mol. The molecule has 0 atom stereocenters. The molecule has 1 aromatic heterocycles. The van der Waals surface area contributed by atoms with E-state index < -0.39 is 0 Å². The van der Waals surface area contributed by atoms with Gasteiger partial charge in [0, 0.05) is 18.0 Å². The molecule has 1 saturated carbocycles. The number of nitrogens with zero attached hydrogens (tertiary/aromatic N) is 2. The summed E-state index contributed by atoms with van der Waals surface area (Å²) in [4.78, 5) is 23.3. The fourth-order valence-corrected chi connectivity index (χ4v) is 3.46. The summed E-state index contributed by atoms with van der Waals surface area (Å²) in [6, 6.07) is 5.40. The number of ether oxygens (including phenoxy) is 1. The molecule has 1 aliphatic carbocycles. The third kappa shape index (κ3) is 3.38. The zero-order valence-electron chi connectivity index (χ0n) is 12.9. The molecule has 0 radical (unpaired) electrons. The van der Waals surface area contributed by atoms with Crippen LogP contribution in [0.1, 0.15) is 35.8 Å². The average Bonchev–Trinajstić information content (AvgIpc) is 3.33. The second kappa shape index (κ2) is 6.20. The largest absolute Gasteiger partial charge is 0.484 e. The lowest BCUT2D eigenvalue weighted by Gasteiger charge is -2.17. The van der Waals surface area contributed by atoms with Gasteiger partial charge in [0.2, 0.25) is 11.0 Å². The zero-order valence-corrected chi connectivity index (χ0v) is 13.7. The Kier molecular flexibility index (Phi) is 3.89. The van der Waals surface area contributed by atoms with E-state index in [1.807, 2.05) is 6.07 Å². The van der Waals surface area contributed by atoms with Gasteiger partial charge in [-0.05, 0) is 43.0 Å². The molecule has 2 aliphatic rings. The fraction of sp³-hybridized carbons (Fsp3) is 0.375. The van der Waals surface area contributed by atoms with Gasteiger partial charge in [-0.3, -0.25) is 14.9 Å². The van der Waals surface area contributed by atoms with Gasteiger partial charge >= 0.3 is 0 Å². The maximum absolute atomic E-state index is 12.0. The quantitative estimate of drug-likeness (QED) is 0.868. The van der Waals surface area contributed by atoms with Gasteiger partial charge in [-0.15, -0.1) is 10.2 Å². The van der Waals surface area contributed by atoms with Crippen molar-refractivity contribution in [3.05, 3.63) is 28.8 Å². The van der Waals surface area contributed by atoms with Gasteiger partial charge in [-0.2, -0.15) is 0 Å². The molecule has 124 valence electrons. The lowest BCUT2D eigenvalue weighted by molar-refractivity contribution is -0.118. The summed E-state index contributed by atoms with van der Waals surface area (Å²) in [7, 11) is 0. The molecular formula is C16H16N4O3S. The van der Waals surface area contributed by atoms with Crippen LogP contribution in [0.5, 0.6) is 5.75 Å². The van der Waals surface area contributed by atoms with E-state index in [1.54, 1.807) is 12.1 Å². The van der Waals surface area contributed by atoms with Crippen LogP contribution in [0, 0.1) is 0 Å². The molecule has 0 unspecified atom stereocenters. The van der Waals surface area contributed by atoms with E-state index in [4.69, 9.17) is 4.74 Å². The number of carbonyl (C=O) groups excluding carboxylic acids is 2. The summed E-state index contributed by atoms with van der Waals surface area (Å²) in [6.07, 6.45) is 3.46. The average molecular weight is 344 g/mol. The minimum absolute atomic E-state index is 0.0261. The molecular weight excluding hydrogens is 328 g/mol. The van der Waals surface area contributed by atoms with Crippen LogP contribution in [-0.2, 0) is 16.0 Å². The van der Waals surface area contributed by atoms with E-state index in [2.05, 4.69) is 20.8 Å². The van der Waals surface area contributed by atoms with E-state index in [-0.39, 0.29) is 18.4 Å². The van der Waals surface area contributed by atoms with Crippen LogP contribution in [0.2, 0.25) is 0 Å². The number of carbonyl (C=O) groups is 2. The van der Waals surface area contributed by atoms with Crippen LogP contribution in [0.25, 0.3) is 0 Å². The van der Waals surface area contributed by atoms with Crippen molar-refractivity contribution < 1.29 is 14.3 Å². The molecule has 1 aromatic carbocycles. The van der Waals surface area contributed by atoms with Crippen LogP contribution in [0.15, 0.2) is 18.2 Å². The van der Waals surface area contributed by atoms with Crippen molar-refractivity contribution in [2.45, 2.75) is 31.6 Å². The van der Waals surface area contributed by atoms with E-state index in [0.717, 1.165) is 29.1 Å². The first-order valence-corrected chi connectivity index (χ1v) is 8.68. The van der Waals surface area contributed by atoms with E-state index in [9.17, 15) is 9.59 Å². The zero-order chi connectivity index (χ0) is 16.5. The molecule has 4 rings (SSSR count). The highest BCUT2D eigenvalue weighted by molar-refractivity contribution is 7.15. The van der Waals surface area contributed by atoms with Gasteiger partial charge in [0.1, 0.15) is 10.8 Å². The highest BCUT2D eigenvalue weighted by Crippen LogP contribution is 2.42. The highest BCUT2D eigenvalue weighted by Gasteiger charge is 2.27. The topological polar surface area (TPSA) is 93.2 Å². The van der Waals surface area contributed by atoms with Crippen LogP contribution < -0.4 is 15.4 Å². The molecule has 0 saturated heterocycles. The fourth-order valence-electron chi connectivity index (χ4n) is 2.53. The Morgan fingerprint density at radius 3 is 3.04 bits per heavy atom. The summed E-state index contributed by atoms with van der Waals surface area (Å²) in [6.45, 7) is -0.0938. The van der Waals surface area contributed by atoms with E-state index >= 15 is 0 Å². The maximum Gasteiger partial charge on any atom is 0.264 e. The maximum atomic E-state index is 12.0. The molecule has 1 aliphatic heterocycles. The number of hydrogen-bond donors (Lipinski definition) is 2. The summed E-state index contributed by atoms with van der Waals surface area (Å²) >= 11 is 1.42. The minimum atomic E-state index is -0.264. The third-order valence-electron chi connectivity index (χ3n) is 3.96. The lowest BCUT2D eigenvalue weighted by Crippen LogP contribution is -2.21. The summed E-state index contributed by atoms with van der Waals surface area (Å²) in [5.74, 6) is 0.897. The number of rotatable bonds is 5. The SMILES string of the molecule is O=C(COc1ccc2c(c1)CCC(=O)N2)Nc1nnc(C2CC2)s1. The summed E-state index contributed by atoms with van der Waals surface area (Å²) in [5.41, 5.74) is 1.83. The second-order valence-electron chi connectivity index (χ2n) is 5.92. The Hall–Kier alpha value is -2.48. The first-order chi connectivity index (χ1) is 11.7. The van der Waals surface area contributed by atoms with Crippen LogP contribution in [0.4, 0.5) is 10.8 Å². The molecule has 0 bridgehead atoms. The van der Waals surface area contributed by atoms with Gasteiger partial charge in [-0.25, -0.2) is 0 Å². The third-order valence-corrected chi connectivity index (χ3v) is 4.96. The first kappa shape index (κ1) is 15.1. The molecule has 2 aromatic rings. The summed E-state index contributed by atoms with van der Waals surface area (Å²) in [5, 5.41) is 15.1. The molecule has 7 nitrogen and oxygen atoms in total. The van der Waals surface area contributed by atoms with Gasteiger partial charge < -0.3 is 10.1 Å². The van der Waals surface area contributed by atoms with Crippen LogP contribution in [0.3, 0.4) is 0 Å². The minimum Gasteiger partial charge on any atom is -0.484 e. The van der Waals surface area contributed by atoms with Crippen molar-refractivity contribution in [1.29, 1.82) is 0 Å². The van der Waals surface area contributed by atoms with Crippen molar-refractivity contribution in [1.82, 2.24) is 10.2 Å². The number of nitrogens with one attached hydrogen (secondary N) is 2. The number of benzene rings is 1. The Balaban J connectivity index is 1.32. The molecule has 8 heteroatoms. The van der Waals surface area contributed by atoms with Crippen molar-refractivity contribution in [2.24, 2.45) is 0 Å². The second-order valence-corrected chi connectivity index (χ2v) is 6.93. The Morgan fingerprint density at radius 2 is 2.21 bits per heavy atom. The number of aromatic nitrogens is 2. The predicted molar refractivity (Wildman–Crippen MR) is 89.4 cm³/mol. The molecule has 0 spiro atoms. The highest BCUT2D eigenvalue weighted by atomic mass is 32.1. The molecule has 24 heavy (non-hydrogen) atoms. The normalized spacial score (nSPS) is 16.2. The molecule has 2 heterocycles. The molecule has 2 N–H and O–H groups in total. The van der Waals surface area contributed by atoms with E-state index in [1.165, 1.54) is 11.3 Å². The van der Waals surface area contributed by atoms with Crippen molar-refractivity contribution >= 4 is 34.0 Å². The first-order valence-electron chi connectivity index (χ1n) is 7.86. The van der Waals surface area contributed by atoms with Crippen molar-refractivity contribution in [3.8, 4) is 5.75 Å². The smallest absolute Gasteiger partial charge is 0.264 e. The van der Waals surface area contributed by atoms with E-state index in [0.29, 0.717) is 29.6 Å². The van der Waals surface area contributed by atoms with Gasteiger partial charge in [-0.1, -0.05) is 11.3 Å². The standard InChI is InChI=1S/C16H16N4O3S/c21-13-6-3-10-7-11(4-5-12(10)17-13)23-8-14(22)18-16-20-19-15(24-16)9-1-2-9/h4-5,7,9H,1-3,6,8H2,(H,17,21)(H,18,20,22).